The predicted molar refractivity (Wildman–Crippen MR) is 64.1 cm³/mol. The van der Waals surface area contributed by atoms with E-state index >= 15 is 0 Å². The lowest BCUT2D eigenvalue weighted by molar-refractivity contribution is 0.628. The standard InChI is InChI=1S/C11H12FN3S/c1-2-6-13-11-15-14-10(16-11)8-4-3-5-9(12)7-8/h3-5,7H,2,6H2,1H3,(H,13,15). The van der Waals surface area contributed by atoms with E-state index in [9.17, 15) is 4.39 Å². The zero-order chi connectivity index (χ0) is 11.4. The van der Waals surface area contributed by atoms with Crippen molar-refractivity contribution in [3.05, 3.63) is 30.1 Å². The summed E-state index contributed by atoms with van der Waals surface area (Å²) in [5, 5.41) is 12.7. The molecule has 1 aromatic heterocycles. The van der Waals surface area contributed by atoms with Crippen molar-refractivity contribution < 1.29 is 4.39 Å². The zero-order valence-corrected chi connectivity index (χ0v) is 9.72. The summed E-state index contributed by atoms with van der Waals surface area (Å²) in [6.45, 7) is 2.96. The zero-order valence-electron chi connectivity index (χ0n) is 8.90. The van der Waals surface area contributed by atoms with Gasteiger partial charge >= 0.3 is 0 Å². The molecule has 0 amide bonds. The molecule has 0 bridgehead atoms. The molecule has 0 aliphatic carbocycles. The molecule has 0 saturated carbocycles. The summed E-state index contributed by atoms with van der Waals surface area (Å²) >= 11 is 1.43. The molecular formula is C11H12FN3S. The van der Waals surface area contributed by atoms with Gasteiger partial charge in [-0.3, -0.25) is 0 Å². The molecule has 2 aromatic rings. The highest BCUT2D eigenvalue weighted by Crippen LogP contribution is 2.26. The first-order chi connectivity index (χ1) is 7.79. The van der Waals surface area contributed by atoms with E-state index in [1.807, 2.05) is 6.07 Å². The van der Waals surface area contributed by atoms with Gasteiger partial charge in [0.25, 0.3) is 0 Å². The maximum atomic E-state index is 13.0. The third-order valence-electron chi connectivity index (χ3n) is 2.02. The molecular weight excluding hydrogens is 225 g/mol. The molecule has 0 fully saturated rings. The highest BCUT2D eigenvalue weighted by atomic mass is 32.1. The predicted octanol–water partition coefficient (Wildman–Crippen LogP) is 3.17. The molecule has 1 aromatic carbocycles. The second kappa shape index (κ2) is 5.03. The Morgan fingerprint density at radius 3 is 3.00 bits per heavy atom. The average Bonchev–Trinajstić information content (AvgIpc) is 2.75. The van der Waals surface area contributed by atoms with E-state index in [1.165, 1.54) is 23.5 Å². The molecule has 0 atom stereocenters. The van der Waals surface area contributed by atoms with Gasteiger partial charge in [0, 0.05) is 12.1 Å². The van der Waals surface area contributed by atoms with E-state index in [0.29, 0.717) is 0 Å². The van der Waals surface area contributed by atoms with Crippen molar-refractivity contribution >= 4 is 16.5 Å². The summed E-state index contributed by atoms with van der Waals surface area (Å²) in [5.41, 5.74) is 0.766. The van der Waals surface area contributed by atoms with E-state index in [1.54, 1.807) is 6.07 Å². The van der Waals surface area contributed by atoms with E-state index in [0.717, 1.165) is 28.7 Å². The Labute approximate surface area is 97.3 Å². The number of hydrogen-bond donors (Lipinski definition) is 1. The first kappa shape index (κ1) is 11.0. The first-order valence-electron chi connectivity index (χ1n) is 5.13. The summed E-state index contributed by atoms with van der Waals surface area (Å²) in [6.07, 6.45) is 1.04. The van der Waals surface area contributed by atoms with Crippen LogP contribution in [0.1, 0.15) is 13.3 Å². The molecule has 3 nitrogen and oxygen atoms in total. The van der Waals surface area contributed by atoms with Crippen LogP contribution in [0.15, 0.2) is 24.3 Å². The lowest BCUT2D eigenvalue weighted by atomic mass is 10.2. The van der Waals surface area contributed by atoms with Crippen LogP contribution >= 0.6 is 11.3 Å². The van der Waals surface area contributed by atoms with Crippen molar-refractivity contribution in [3.8, 4) is 10.6 Å². The molecule has 2 rings (SSSR count). The summed E-state index contributed by atoms with van der Waals surface area (Å²) in [6, 6.07) is 6.38. The van der Waals surface area contributed by atoms with Crippen molar-refractivity contribution in [1.29, 1.82) is 0 Å². The third kappa shape index (κ3) is 2.55. The van der Waals surface area contributed by atoms with Crippen LogP contribution in [-0.4, -0.2) is 16.7 Å². The second-order valence-electron chi connectivity index (χ2n) is 3.35. The highest BCUT2D eigenvalue weighted by Gasteiger charge is 2.06. The molecule has 0 unspecified atom stereocenters. The van der Waals surface area contributed by atoms with Crippen LogP contribution in [-0.2, 0) is 0 Å². The van der Waals surface area contributed by atoms with E-state index < -0.39 is 0 Å². The average molecular weight is 237 g/mol. The molecule has 0 radical (unpaired) electrons. The Kier molecular flexibility index (Phi) is 3.46. The van der Waals surface area contributed by atoms with Gasteiger partial charge in [-0.1, -0.05) is 30.4 Å². The molecule has 5 heteroatoms. The Hall–Kier alpha value is -1.49. The second-order valence-corrected chi connectivity index (χ2v) is 4.33. The quantitative estimate of drug-likeness (QED) is 0.887. The Morgan fingerprint density at radius 2 is 2.25 bits per heavy atom. The molecule has 0 aliphatic heterocycles. The SMILES string of the molecule is CCCNc1nnc(-c2cccc(F)c2)s1. The van der Waals surface area contributed by atoms with Crippen molar-refractivity contribution in [1.82, 2.24) is 10.2 Å². The number of nitrogens with zero attached hydrogens (tertiary/aromatic N) is 2. The molecule has 1 heterocycles. The molecule has 16 heavy (non-hydrogen) atoms. The molecule has 0 aliphatic rings. The maximum absolute atomic E-state index is 13.0. The van der Waals surface area contributed by atoms with Crippen LogP contribution in [0.5, 0.6) is 0 Å². The largest absolute Gasteiger partial charge is 0.360 e. The molecule has 0 saturated heterocycles. The summed E-state index contributed by atoms with van der Waals surface area (Å²) in [4.78, 5) is 0. The number of rotatable bonds is 4. The van der Waals surface area contributed by atoms with Gasteiger partial charge in [-0.15, -0.1) is 10.2 Å². The van der Waals surface area contributed by atoms with E-state index in [-0.39, 0.29) is 5.82 Å². The number of halogens is 1. The summed E-state index contributed by atoms with van der Waals surface area (Å²) in [5.74, 6) is -0.254. The molecule has 84 valence electrons. The highest BCUT2D eigenvalue weighted by molar-refractivity contribution is 7.18. The number of hydrogen-bond acceptors (Lipinski definition) is 4. The fourth-order valence-electron chi connectivity index (χ4n) is 1.26. The van der Waals surface area contributed by atoms with Gasteiger partial charge < -0.3 is 5.32 Å². The Bertz CT molecular complexity index is 470. The van der Waals surface area contributed by atoms with Gasteiger partial charge in [-0.05, 0) is 18.6 Å². The van der Waals surface area contributed by atoms with Crippen molar-refractivity contribution in [2.24, 2.45) is 0 Å². The van der Waals surface area contributed by atoms with Crippen LogP contribution < -0.4 is 5.32 Å². The topological polar surface area (TPSA) is 37.8 Å². The van der Waals surface area contributed by atoms with Gasteiger partial charge in [0.15, 0.2) is 0 Å². The van der Waals surface area contributed by atoms with Gasteiger partial charge in [0.05, 0.1) is 0 Å². The van der Waals surface area contributed by atoms with Gasteiger partial charge in [0.1, 0.15) is 10.8 Å². The van der Waals surface area contributed by atoms with Crippen molar-refractivity contribution in [3.63, 3.8) is 0 Å². The van der Waals surface area contributed by atoms with Gasteiger partial charge in [-0.2, -0.15) is 0 Å². The van der Waals surface area contributed by atoms with Crippen molar-refractivity contribution in [2.75, 3.05) is 11.9 Å². The van der Waals surface area contributed by atoms with Crippen LogP contribution in [0.2, 0.25) is 0 Å². The third-order valence-corrected chi connectivity index (χ3v) is 2.95. The number of benzene rings is 1. The first-order valence-corrected chi connectivity index (χ1v) is 5.94. The number of aromatic nitrogens is 2. The maximum Gasteiger partial charge on any atom is 0.206 e. The fourth-order valence-corrected chi connectivity index (χ4v) is 2.03. The Balaban J connectivity index is 2.18. The normalized spacial score (nSPS) is 10.4. The Morgan fingerprint density at radius 1 is 1.38 bits per heavy atom. The van der Waals surface area contributed by atoms with Crippen LogP contribution in [0, 0.1) is 5.82 Å². The lowest BCUT2D eigenvalue weighted by Crippen LogP contribution is -1.98. The van der Waals surface area contributed by atoms with Crippen LogP contribution in [0.4, 0.5) is 9.52 Å². The van der Waals surface area contributed by atoms with Gasteiger partial charge in [-0.25, -0.2) is 4.39 Å². The molecule has 0 spiro atoms. The van der Waals surface area contributed by atoms with Crippen molar-refractivity contribution in [2.45, 2.75) is 13.3 Å². The van der Waals surface area contributed by atoms with Gasteiger partial charge in [0.2, 0.25) is 5.13 Å². The smallest absolute Gasteiger partial charge is 0.206 e. The lowest BCUT2D eigenvalue weighted by Gasteiger charge is -1.96. The molecule has 1 N–H and O–H groups in total. The van der Waals surface area contributed by atoms with E-state index in [2.05, 4.69) is 22.4 Å². The minimum Gasteiger partial charge on any atom is -0.360 e. The number of nitrogens with one attached hydrogen (secondary N) is 1. The van der Waals surface area contributed by atoms with E-state index in [4.69, 9.17) is 0 Å². The van der Waals surface area contributed by atoms with Crippen LogP contribution in [0.3, 0.4) is 0 Å². The van der Waals surface area contributed by atoms with Crippen LogP contribution in [0.25, 0.3) is 10.6 Å². The summed E-state index contributed by atoms with van der Waals surface area (Å²) < 4.78 is 13.0. The minimum atomic E-state index is -0.254. The fraction of sp³-hybridized carbons (Fsp3) is 0.273. The minimum absolute atomic E-state index is 0.254. The monoisotopic (exact) mass is 237 g/mol. The summed E-state index contributed by atoms with van der Waals surface area (Å²) in [7, 11) is 0. The number of anilines is 1.